The van der Waals surface area contributed by atoms with Gasteiger partial charge in [-0.2, -0.15) is 0 Å². The van der Waals surface area contributed by atoms with Crippen LogP contribution in [0.1, 0.15) is 16.7 Å². The van der Waals surface area contributed by atoms with Crippen molar-refractivity contribution in [3.05, 3.63) is 159 Å². The van der Waals surface area contributed by atoms with Gasteiger partial charge in [0.1, 0.15) is 0 Å². The van der Waals surface area contributed by atoms with E-state index < -0.39 is 7.81 Å². The minimum Gasteiger partial charge on any atom is -0.0622 e. The summed E-state index contributed by atoms with van der Waals surface area (Å²) in [6.07, 6.45) is 23.1. The first-order chi connectivity index (χ1) is 17.9. The maximum Gasteiger partial charge on any atom is 2.00 e. The molecule has 0 heterocycles. The Morgan fingerprint density at radius 2 is 1.15 bits per heavy atom. The van der Waals surface area contributed by atoms with E-state index in [-0.39, 0.29) is 17.1 Å². The van der Waals surface area contributed by atoms with Crippen molar-refractivity contribution in [1.82, 2.24) is 0 Å². The molecular weight excluding hydrogens is 573 g/mol. The van der Waals surface area contributed by atoms with E-state index in [0.29, 0.717) is 0 Å². The van der Waals surface area contributed by atoms with Crippen molar-refractivity contribution >= 4 is 25.0 Å². The second-order valence-corrected chi connectivity index (χ2v) is 10.4. The van der Waals surface area contributed by atoms with Crippen LogP contribution in [-0.4, -0.2) is 0 Å². The second kappa shape index (κ2) is 12.1. The van der Waals surface area contributed by atoms with Crippen LogP contribution in [0.15, 0.2) is 78.9 Å². The van der Waals surface area contributed by atoms with E-state index in [4.69, 9.17) is 0 Å². The van der Waals surface area contributed by atoms with Crippen LogP contribution in [0.4, 0.5) is 25.2 Å². The summed E-state index contributed by atoms with van der Waals surface area (Å²) in [7, 11) is -10.7. The monoisotopic (exact) mass is 596 g/mol. The van der Waals surface area contributed by atoms with Crippen LogP contribution in [0.25, 0.3) is 28.3 Å². The summed E-state index contributed by atoms with van der Waals surface area (Å²) in [6.45, 7) is 0. The molecule has 0 bridgehead atoms. The number of rotatable bonds is 2. The van der Waals surface area contributed by atoms with Crippen LogP contribution in [0.5, 0.6) is 0 Å². The van der Waals surface area contributed by atoms with Gasteiger partial charge in [0.15, 0.2) is 0 Å². The Morgan fingerprint density at radius 1 is 0.590 bits per heavy atom. The average Bonchev–Trinajstić information content (AvgIpc) is 3.62. The minimum atomic E-state index is -10.7. The molecule has 6 rings (SSSR count). The van der Waals surface area contributed by atoms with Crippen LogP contribution in [0.2, 0.25) is 0 Å². The number of halogens is 6. The molecular formula is C31H23F6FeP+2. The van der Waals surface area contributed by atoms with Gasteiger partial charge in [-0.15, -0.1) is 0 Å². The molecule has 39 heavy (non-hydrogen) atoms. The van der Waals surface area contributed by atoms with Crippen molar-refractivity contribution in [3.63, 3.8) is 0 Å². The third-order valence-electron chi connectivity index (χ3n) is 5.63. The summed E-state index contributed by atoms with van der Waals surface area (Å²) < 4.78 is 59.2. The van der Waals surface area contributed by atoms with Gasteiger partial charge in [0, 0.05) is 35.3 Å². The third kappa shape index (κ3) is 10.0. The zero-order valence-electron chi connectivity index (χ0n) is 20.3. The number of allylic oxidation sites excluding steroid dienone is 3. The number of fused-ring (bicyclic) bond motifs is 2. The first-order valence-electron chi connectivity index (χ1n) is 11.7. The van der Waals surface area contributed by atoms with Crippen molar-refractivity contribution in [1.29, 1.82) is 0 Å². The summed E-state index contributed by atoms with van der Waals surface area (Å²) in [6, 6.07) is 25.9. The van der Waals surface area contributed by atoms with E-state index in [1.165, 1.54) is 44.9 Å². The molecule has 1 aromatic carbocycles. The Labute approximate surface area is 237 Å². The zero-order chi connectivity index (χ0) is 27.3. The fraction of sp³-hybridized carbons (Fsp3) is 0. The molecule has 0 atom stereocenters. The molecule has 8 heteroatoms. The maximum atomic E-state index is 9.87. The van der Waals surface area contributed by atoms with Crippen molar-refractivity contribution < 1.29 is 42.3 Å². The Kier molecular flexibility index (Phi) is 9.74. The van der Waals surface area contributed by atoms with E-state index in [1.54, 1.807) is 0 Å². The first kappa shape index (κ1) is 31.3. The molecule has 0 aromatic heterocycles. The standard InChI is InChI=1S/C26H18.C5H5.F6P.Fe/c1-3-9-19-15-17-24(22(19)13-5-1)26(21-11-7-8-12-21)25-18-16-20-10-4-2-6-14-23(20)25;1-2-4-5-3-1;1-7(2,3,4,5)6;/h1-18H;1-5H;;/q+1;;-1;+2/b26-24+;;;. The van der Waals surface area contributed by atoms with E-state index in [0.717, 1.165) is 0 Å². The summed E-state index contributed by atoms with van der Waals surface area (Å²) >= 11 is 0. The summed E-state index contributed by atoms with van der Waals surface area (Å²) in [5.41, 5.74) is 9.02. The number of hydrogen-bond donors (Lipinski definition) is 0. The Bertz CT molecular complexity index is 1280. The van der Waals surface area contributed by atoms with E-state index in [2.05, 4.69) is 111 Å². The largest absolute Gasteiger partial charge is 2.00 e. The molecule has 2 fully saturated rings. The Hall–Kier alpha value is -2.20. The predicted molar refractivity (Wildman–Crippen MR) is 145 cm³/mol. The van der Waals surface area contributed by atoms with Gasteiger partial charge in [-0.1, -0.05) is 36.4 Å². The minimum absolute atomic E-state index is 0. The number of hydrogen-bond acceptors (Lipinski definition) is 0. The third-order valence-corrected chi connectivity index (χ3v) is 5.63. The molecule has 5 aliphatic rings. The van der Waals surface area contributed by atoms with E-state index in [9.17, 15) is 25.2 Å². The molecule has 0 unspecified atom stereocenters. The molecule has 0 aliphatic heterocycles. The van der Waals surface area contributed by atoms with Crippen LogP contribution < -0.4 is 0 Å². The van der Waals surface area contributed by atoms with Crippen molar-refractivity contribution in [2.45, 2.75) is 0 Å². The van der Waals surface area contributed by atoms with E-state index >= 15 is 0 Å². The maximum absolute atomic E-state index is 10.7. The van der Waals surface area contributed by atoms with E-state index in [1.807, 2.05) is 32.1 Å². The molecule has 0 saturated heterocycles. The fourth-order valence-electron chi connectivity index (χ4n) is 4.18. The zero-order valence-corrected chi connectivity index (χ0v) is 22.3. The smallest absolute Gasteiger partial charge is 0.0622 e. The Balaban J connectivity index is 0.000000271. The summed E-state index contributed by atoms with van der Waals surface area (Å²) in [5, 5.41) is 0. The molecule has 0 amide bonds. The van der Waals surface area contributed by atoms with Gasteiger partial charge in [0.2, 0.25) is 0 Å². The molecule has 1 aromatic rings. The van der Waals surface area contributed by atoms with Crippen LogP contribution >= 0.6 is 7.81 Å². The topological polar surface area (TPSA) is 0 Å². The average molecular weight is 596 g/mol. The van der Waals surface area contributed by atoms with Crippen molar-refractivity contribution in [2.24, 2.45) is 0 Å². The molecule has 2 saturated carbocycles. The van der Waals surface area contributed by atoms with Crippen LogP contribution in [0.3, 0.4) is 0 Å². The molecule has 0 nitrogen and oxygen atoms in total. The van der Waals surface area contributed by atoms with Gasteiger partial charge < -0.3 is 0 Å². The molecule has 10 radical (unpaired) electrons. The van der Waals surface area contributed by atoms with Gasteiger partial charge in [-0.05, 0) is 99.2 Å². The van der Waals surface area contributed by atoms with Crippen LogP contribution in [-0.2, 0) is 17.1 Å². The quantitative estimate of drug-likeness (QED) is 0.120. The summed E-state index contributed by atoms with van der Waals surface area (Å²) in [5.74, 6) is 1.27. The molecule has 200 valence electrons. The van der Waals surface area contributed by atoms with Gasteiger partial charge in [-0.25, -0.2) is 0 Å². The fourth-order valence-corrected chi connectivity index (χ4v) is 4.18. The van der Waals surface area contributed by atoms with Crippen LogP contribution in [0, 0.1) is 63.7 Å². The Morgan fingerprint density at radius 3 is 1.79 bits per heavy atom. The first-order valence-corrected chi connectivity index (χ1v) is 13.7. The molecule has 0 spiro atoms. The van der Waals surface area contributed by atoms with Gasteiger partial charge in [0.05, 0.1) is 16.7 Å². The van der Waals surface area contributed by atoms with Gasteiger partial charge in [-0.3, -0.25) is 0 Å². The van der Waals surface area contributed by atoms with Gasteiger partial charge >= 0.3 is 50.1 Å². The second-order valence-electron chi connectivity index (χ2n) is 8.52. The van der Waals surface area contributed by atoms with Gasteiger partial charge in [0.25, 0.3) is 0 Å². The normalized spacial score (nSPS) is 19.4. The summed E-state index contributed by atoms with van der Waals surface area (Å²) in [4.78, 5) is 0. The SMILES string of the molecule is F[P-](F)(F)(F)(F)F.[CH]1[CH][CH][CH][CH]1.[CH]1[CH][CH][C](/C(=C2/C=Cc3ccccc[c+]32)c2ccc3cccccc2-3)[CH]1.[Fe+2]. The molecule has 0 N–H and O–H groups in total. The molecule has 5 aliphatic carbocycles. The predicted octanol–water partition coefficient (Wildman–Crippen LogP) is 10.8. The van der Waals surface area contributed by atoms with Crippen molar-refractivity contribution in [2.75, 3.05) is 0 Å². The van der Waals surface area contributed by atoms with Crippen molar-refractivity contribution in [3.8, 4) is 11.1 Å².